The first kappa shape index (κ1) is 18.3. The lowest BCUT2D eigenvalue weighted by atomic mass is 9.96. The molecule has 0 saturated carbocycles. The summed E-state index contributed by atoms with van der Waals surface area (Å²) in [6, 6.07) is 24.7. The SMILES string of the molecule is CCN1C(=O)[C@H](Cc2nc3ccccc3c(=O)n2-c2ccccc2)c2ccccc21. The third kappa shape index (κ3) is 2.82. The minimum atomic E-state index is -0.357. The summed E-state index contributed by atoms with van der Waals surface area (Å²) in [4.78, 5) is 33.2. The molecule has 0 aliphatic carbocycles. The van der Waals surface area contributed by atoms with Gasteiger partial charge < -0.3 is 4.90 Å². The first-order chi connectivity index (χ1) is 14.7. The van der Waals surface area contributed by atoms with E-state index in [4.69, 9.17) is 4.98 Å². The van der Waals surface area contributed by atoms with Crippen LogP contribution in [0, 0.1) is 0 Å². The second-order valence-electron chi connectivity index (χ2n) is 7.42. The van der Waals surface area contributed by atoms with Crippen molar-refractivity contribution in [1.82, 2.24) is 9.55 Å². The fraction of sp³-hybridized carbons (Fsp3) is 0.160. The van der Waals surface area contributed by atoms with E-state index in [1.54, 1.807) is 10.6 Å². The molecule has 0 N–H and O–H groups in total. The van der Waals surface area contributed by atoms with Crippen LogP contribution in [0.15, 0.2) is 83.7 Å². The number of para-hydroxylation sites is 3. The minimum absolute atomic E-state index is 0.0562. The highest BCUT2D eigenvalue weighted by Gasteiger charge is 2.37. The number of anilines is 1. The maximum absolute atomic E-state index is 13.4. The van der Waals surface area contributed by atoms with Crippen LogP contribution in [0.1, 0.15) is 24.2 Å². The van der Waals surface area contributed by atoms with Crippen molar-refractivity contribution in [3.8, 4) is 5.69 Å². The monoisotopic (exact) mass is 395 g/mol. The molecule has 30 heavy (non-hydrogen) atoms. The lowest BCUT2D eigenvalue weighted by Gasteiger charge is -2.17. The number of likely N-dealkylation sites (N-methyl/N-ethyl adjacent to an activating group) is 1. The van der Waals surface area contributed by atoms with Crippen LogP contribution in [0.3, 0.4) is 0 Å². The molecule has 0 fully saturated rings. The topological polar surface area (TPSA) is 55.2 Å². The number of hydrogen-bond donors (Lipinski definition) is 0. The summed E-state index contributed by atoms with van der Waals surface area (Å²) in [6.07, 6.45) is 0.362. The summed E-state index contributed by atoms with van der Waals surface area (Å²) in [7, 11) is 0. The number of carbonyl (C=O) groups excluding carboxylic acids is 1. The number of fused-ring (bicyclic) bond motifs is 2. The molecule has 1 aliphatic heterocycles. The van der Waals surface area contributed by atoms with Gasteiger partial charge in [0.05, 0.1) is 22.5 Å². The normalized spacial score (nSPS) is 15.6. The summed E-state index contributed by atoms with van der Waals surface area (Å²) in [5.74, 6) is 0.292. The summed E-state index contributed by atoms with van der Waals surface area (Å²) in [5, 5.41) is 0.568. The summed E-state index contributed by atoms with van der Waals surface area (Å²) >= 11 is 0. The van der Waals surface area contributed by atoms with E-state index in [0.717, 1.165) is 16.9 Å². The fourth-order valence-electron chi connectivity index (χ4n) is 4.33. The maximum Gasteiger partial charge on any atom is 0.265 e. The van der Waals surface area contributed by atoms with Gasteiger partial charge >= 0.3 is 0 Å². The van der Waals surface area contributed by atoms with Crippen LogP contribution in [-0.4, -0.2) is 22.0 Å². The zero-order valence-corrected chi connectivity index (χ0v) is 16.7. The quantitative estimate of drug-likeness (QED) is 0.523. The molecule has 3 aromatic carbocycles. The van der Waals surface area contributed by atoms with Gasteiger partial charge in [0, 0.05) is 18.7 Å². The van der Waals surface area contributed by atoms with Crippen molar-refractivity contribution in [2.75, 3.05) is 11.4 Å². The second kappa shape index (κ2) is 7.26. The zero-order valence-electron chi connectivity index (χ0n) is 16.7. The molecule has 1 atom stereocenters. The number of benzene rings is 3. The predicted molar refractivity (Wildman–Crippen MR) is 118 cm³/mol. The van der Waals surface area contributed by atoms with Crippen LogP contribution < -0.4 is 10.5 Å². The average molecular weight is 395 g/mol. The van der Waals surface area contributed by atoms with E-state index in [1.165, 1.54) is 0 Å². The molecule has 1 aliphatic rings. The highest BCUT2D eigenvalue weighted by molar-refractivity contribution is 6.05. The van der Waals surface area contributed by atoms with Crippen LogP contribution >= 0.6 is 0 Å². The minimum Gasteiger partial charge on any atom is -0.312 e. The van der Waals surface area contributed by atoms with E-state index in [-0.39, 0.29) is 17.4 Å². The molecule has 5 rings (SSSR count). The number of amides is 1. The van der Waals surface area contributed by atoms with E-state index < -0.39 is 0 Å². The Morgan fingerprint density at radius 3 is 2.37 bits per heavy atom. The first-order valence-electron chi connectivity index (χ1n) is 10.2. The summed E-state index contributed by atoms with van der Waals surface area (Å²) < 4.78 is 1.65. The van der Waals surface area contributed by atoms with E-state index in [9.17, 15) is 9.59 Å². The lowest BCUT2D eigenvalue weighted by Crippen LogP contribution is -2.31. The van der Waals surface area contributed by atoms with Crippen LogP contribution in [0.25, 0.3) is 16.6 Å². The highest BCUT2D eigenvalue weighted by atomic mass is 16.2. The van der Waals surface area contributed by atoms with E-state index in [0.29, 0.717) is 29.7 Å². The van der Waals surface area contributed by atoms with Gasteiger partial charge in [0.15, 0.2) is 0 Å². The molecule has 1 aromatic heterocycles. The third-order valence-corrected chi connectivity index (χ3v) is 5.73. The van der Waals surface area contributed by atoms with Crippen molar-refractivity contribution >= 4 is 22.5 Å². The Balaban J connectivity index is 1.70. The number of nitrogens with zero attached hydrogens (tertiary/aromatic N) is 3. The number of carbonyl (C=O) groups is 1. The fourth-order valence-corrected chi connectivity index (χ4v) is 4.33. The van der Waals surface area contributed by atoms with Crippen molar-refractivity contribution in [2.24, 2.45) is 0 Å². The molecule has 0 radical (unpaired) electrons. The van der Waals surface area contributed by atoms with Crippen molar-refractivity contribution in [3.63, 3.8) is 0 Å². The van der Waals surface area contributed by atoms with Crippen molar-refractivity contribution in [3.05, 3.63) is 101 Å². The van der Waals surface area contributed by atoms with Gasteiger partial charge in [-0.3, -0.25) is 14.2 Å². The summed E-state index contributed by atoms with van der Waals surface area (Å²) in [5.41, 5.74) is 3.22. The zero-order chi connectivity index (χ0) is 20.7. The summed E-state index contributed by atoms with van der Waals surface area (Å²) in [6.45, 7) is 2.59. The first-order valence-corrected chi connectivity index (χ1v) is 10.2. The largest absolute Gasteiger partial charge is 0.312 e. The Morgan fingerprint density at radius 1 is 0.867 bits per heavy atom. The Kier molecular flexibility index (Phi) is 4.43. The maximum atomic E-state index is 13.4. The van der Waals surface area contributed by atoms with Crippen molar-refractivity contribution in [1.29, 1.82) is 0 Å². The number of aromatic nitrogens is 2. The van der Waals surface area contributed by atoms with E-state index in [2.05, 4.69) is 0 Å². The van der Waals surface area contributed by atoms with Gasteiger partial charge in [-0.15, -0.1) is 0 Å². The van der Waals surface area contributed by atoms with E-state index >= 15 is 0 Å². The third-order valence-electron chi connectivity index (χ3n) is 5.73. The molecule has 5 heteroatoms. The van der Waals surface area contributed by atoms with Gasteiger partial charge in [-0.1, -0.05) is 48.5 Å². The van der Waals surface area contributed by atoms with Crippen molar-refractivity contribution in [2.45, 2.75) is 19.3 Å². The van der Waals surface area contributed by atoms with Gasteiger partial charge in [-0.2, -0.15) is 0 Å². The molecule has 0 bridgehead atoms. The number of hydrogen-bond acceptors (Lipinski definition) is 3. The molecular weight excluding hydrogens is 374 g/mol. The molecule has 0 spiro atoms. The average Bonchev–Trinajstić information content (AvgIpc) is 3.05. The van der Waals surface area contributed by atoms with Gasteiger partial charge in [0.2, 0.25) is 5.91 Å². The van der Waals surface area contributed by atoms with Crippen LogP contribution in [0.2, 0.25) is 0 Å². The van der Waals surface area contributed by atoms with Gasteiger partial charge in [0.1, 0.15) is 5.82 Å². The van der Waals surface area contributed by atoms with Gasteiger partial charge in [-0.05, 0) is 42.8 Å². The highest BCUT2D eigenvalue weighted by Crippen LogP contribution is 2.38. The smallest absolute Gasteiger partial charge is 0.265 e. The van der Waals surface area contributed by atoms with Gasteiger partial charge in [0.25, 0.3) is 5.56 Å². The standard InChI is InChI=1S/C25H21N3O2/c1-2-27-22-15-9-7-12-18(22)20(24(27)29)16-23-26-21-14-8-6-13-19(21)25(30)28(23)17-10-4-3-5-11-17/h3-15,20H,2,16H2,1H3/t20-/m1/s1. The molecular formula is C25H21N3O2. The molecule has 1 amide bonds. The number of rotatable bonds is 4. The molecule has 0 saturated heterocycles. The van der Waals surface area contributed by atoms with Crippen LogP contribution in [0.5, 0.6) is 0 Å². The molecule has 148 valence electrons. The molecule has 0 unspecified atom stereocenters. The predicted octanol–water partition coefficient (Wildman–Crippen LogP) is 4.08. The van der Waals surface area contributed by atoms with Crippen LogP contribution in [-0.2, 0) is 11.2 Å². The molecule has 5 nitrogen and oxygen atoms in total. The second-order valence-corrected chi connectivity index (χ2v) is 7.42. The Hall–Kier alpha value is -3.73. The Bertz CT molecular complexity index is 1310. The van der Waals surface area contributed by atoms with E-state index in [1.807, 2.05) is 84.6 Å². The van der Waals surface area contributed by atoms with Gasteiger partial charge in [-0.25, -0.2) is 4.98 Å². The lowest BCUT2D eigenvalue weighted by molar-refractivity contribution is -0.119. The molecule has 4 aromatic rings. The Labute approximate surface area is 174 Å². The van der Waals surface area contributed by atoms with Crippen LogP contribution in [0.4, 0.5) is 5.69 Å². The van der Waals surface area contributed by atoms with Crippen molar-refractivity contribution < 1.29 is 4.79 Å². The Morgan fingerprint density at radius 2 is 1.57 bits per heavy atom. The molecule has 2 heterocycles.